The maximum Gasteiger partial charge on any atom is 0.231 e. The number of amides is 1. The Hall–Kier alpha value is -3.09. The summed E-state index contributed by atoms with van der Waals surface area (Å²) in [5, 5.41) is 4.04. The number of nitrogens with zero attached hydrogens (tertiary/aromatic N) is 3. The van der Waals surface area contributed by atoms with Gasteiger partial charge in [0.25, 0.3) is 0 Å². The molecule has 0 saturated carbocycles. The van der Waals surface area contributed by atoms with Gasteiger partial charge in [0.1, 0.15) is 23.7 Å². The molecule has 4 rings (SSSR count). The monoisotopic (exact) mass is 408 g/mol. The van der Waals surface area contributed by atoms with E-state index >= 15 is 0 Å². The number of hydrogen-bond donors (Lipinski definition) is 1. The number of rotatable bonds is 6. The number of piperidine rings is 1. The third-order valence-electron chi connectivity index (χ3n) is 5.76. The van der Waals surface area contributed by atoms with Crippen LogP contribution in [0.15, 0.2) is 35.0 Å². The number of nitrogens with one attached hydrogen (secondary N) is 1. The summed E-state index contributed by atoms with van der Waals surface area (Å²) in [4.78, 5) is 23.9. The minimum Gasteiger partial charge on any atom is -0.494 e. The summed E-state index contributed by atoms with van der Waals surface area (Å²) in [5.41, 5.74) is 2.65. The third-order valence-corrected chi connectivity index (χ3v) is 5.76. The molecule has 1 unspecified atom stereocenters. The summed E-state index contributed by atoms with van der Waals surface area (Å²) in [6.07, 6.45) is 3.34. The molecule has 30 heavy (non-hydrogen) atoms. The standard InChI is InChI=1S/C23H28N4O3/c1-4-29-19-10-6-5-8-17(19)12-24-22(28)18-9-7-11-27(13-18)21-20-15(2)16(3)30-23(20)26-14-25-21/h5-6,8,10,14,18H,4,7,9,11-13H2,1-3H3,(H,24,28). The van der Waals surface area contributed by atoms with Gasteiger partial charge in [0, 0.05) is 30.8 Å². The molecule has 3 heterocycles. The van der Waals surface area contributed by atoms with E-state index in [-0.39, 0.29) is 11.8 Å². The van der Waals surface area contributed by atoms with Gasteiger partial charge in [-0.15, -0.1) is 0 Å². The van der Waals surface area contributed by atoms with Gasteiger partial charge in [-0.25, -0.2) is 9.97 Å². The van der Waals surface area contributed by atoms with Crippen molar-refractivity contribution < 1.29 is 13.9 Å². The van der Waals surface area contributed by atoms with E-state index in [2.05, 4.69) is 20.2 Å². The molecule has 7 heteroatoms. The van der Waals surface area contributed by atoms with E-state index in [0.29, 0.717) is 25.4 Å². The van der Waals surface area contributed by atoms with Gasteiger partial charge in [-0.05, 0) is 39.7 Å². The highest BCUT2D eigenvalue weighted by Crippen LogP contribution is 2.32. The van der Waals surface area contributed by atoms with E-state index in [1.54, 1.807) is 0 Å². The van der Waals surface area contributed by atoms with Crippen molar-refractivity contribution in [3.63, 3.8) is 0 Å². The summed E-state index contributed by atoms with van der Waals surface area (Å²) in [6.45, 7) is 8.48. The van der Waals surface area contributed by atoms with Crippen molar-refractivity contribution in [1.29, 1.82) is 0 Å². The van der Waals surface area contributed by atoms with Gasteiger partial charge in [-0.1, -0.05) is 18.2 Å². The Morgan fingerprint density at radius 2 is 2.13 bits per heavy atom. The molecule has 0 radical (unpaired) electrons. The fourth-order valence-electron chi connectivity index (χ4n) is 4.06. The van der Waals surface area contributed by atoms with Crippen molar-refractivity contribution in [2.24, 2.45) is 5.92 Å². The molecule has 0 aliphatic carbocycles. The zero-order valence-corrected chi connectivity index (χ0v) is 17.8. The molecule has 1 aliphatic heterocycles. The fourth-order valence-corrected chi connectivity index (χ4v) is 4.06. The lowest BCUT2D eigenvalue weighted by Crippen LogP contribution is -2.43. The number of aryl methyl sites for hydroxylation is 2. The van der Waals surface area contributed by atoms with E-state index in [1.807, 2.05) is 45.0 Å². The van der Waals surface area contributed by atoms with Crippen LogP contribution in [0, 0.1) is 19.8 Å². The highest BCUT2D eigenvalue weighted by atomic mass is 16.5. The molecule has 1 atom stereocenters. The first kappa shape index (κ1) is 20.2. The molecule has 3 aromatic rings. The smallest absolute Gasteiger partial charge is 0.231 e. The summed E-state index contributed by atoms with van der Waals surface area (Å²) in [6, 6.07) is 7.82. The quantitative estimate of drug-likeness (QED) is 0.669. The Balaban J connectivity index is 1.46. The first-order valence-electron chi connectivity index (χ1n) is 10.5. The number of benzene rings is 1. The number of furan rings is 1. The van der Waals surface area contributed by atoms with Gasteiger partial charge in [0.2, 0.25) is 11.6 Å². The van der Waals surface area contributed by atoms with Gasteiger partial charge in [-0.3, -0.25) is 4.79 Å². The van der Waals surface area contributed by atoms with Crippen LogP contribution in [0.5, 0.6) is 5.75 Å². The lowest BCUT2D eigenvalue weighted by Gasteiger charge is -2.33. The molecule has 1 fully saturated rings. The van der Waals surface area contributed by atoms with Crippen molar-refractivity contribution >= 4 is 22.8 Å². The normalized spacial score (nSPS) is 16.6. The summed E-state index contributed by atoms with van der Waals surface area (Å²) >= 11 is 0. The minimum absolute atomic E-state index is 0.0661. The number of para-hydroxylation sites is 1. The molecule has 1 aliphatic rings. The molecular weight excluding hydrogens is 380 g/mol. The number of aromatic nitrogens is 2. The topological polar surface area (TPSA) is 80.5 Å². The first-order chi connectivity index (χ1) is 14.6. The zero-order chi connectivity index (χ0) is 21.1. The lowest BCUT2D eigenvalue weighted by molar-refractivity contribution is -0.125. The lowest BCUT2D eigenvalue weighted by atomic mass is 9.96. The molecule has 1 aromatic carbocycles. The second-order valence-corrected chi connectivity index (χ2v) is 7.70. The van der Waals surface area contributed by atoms with Crippen molar-refractivity contribution in [2.75, 3.05) is 24.6 Å². The van der Waals surface area contributed by atoms with Crippen LogP contribution in [0.25, 0.3) is 11.1 Å². The van der Waals surface area contributed by atoms with Gasteiger partial charge >= 0.3 is 0 Å². The Bertz CT molecular complexity index is 1050. The van der Waals surface area contributed by atoms with E-state index in [9.17, 15) is 4.79 Å². The largest absolute Gasteiger partial charge is 0.494 e. The minimum atomic E-state index is -0.0867. The van der Waals surface area contributed by atoms with Gasteiger partial charge in [-0.2, -0.15) is 0 Å². The predicted octanol–water partition coefficient (Wildman–Crippen LogP) is 3.77. The van der Waals surface area contributed by atoms with Gasteiger partial charge in [0.05, 0.1) is 17.9 Å². The maximum absolute atomic E-state index is 12.9. The molecule has 2 aromatic heterocycles. The second kappa shape index (κ2) is 8.73. The van der Waals surface area contributed by atoms with Crippen LogP contribution in [0.1, 0.15) is 36.7 Å². The van der Waals surface area contributed by atoms with Crippen LogP contribution >= 0.6 is 0 Å². The number of anilines is 1. The maximum atomic E-state index is 12.9. The summed E-state index contributed by atoms with van der Waals surface area (Å²) in [5.74, 6) is 2.51. The number of carbonyl (C=O) groups is 1. The molecule has 1 amide bonds. The number of fused-ring (bicyclic) bond motifs is 1. The van der Waals surface area contributed by atoms with Crippen molar-refractivity contribution in [3.05, 3.63) is 47.5 Å². The van der Waals surface area contributed by atoms with Crippen LogP contribution in [0.2, 0.25) is 0 Å². The predicted molar refractivity (Wildman–Crippen MR) is 116 cm³/mol. The summed E-state index contributed by atoms with van der Waals surface area (Å²) < 4.78 is 11.4. The average Bonchev–Trinajstić information content (AvgIpc) is 3.07. The number of carbonyl (C=O) groups excluding carboxylic acids is 1. The van der Waals surface area contributed by atoms with Crippen molar-refractivity contribution in [1.82, 2.24) is 15.3 Å². The highest BCUT2D eigenvalue weighted by molar-refractivity contribution is 5.90. The van der Waals surface area contributed by atoms with Crippen LogP contribution < -0.4 is 15.0 Å². The highest BCUT2D eigenvalue weighted by Gasteiger charge is 2.28. The van der Waals surface area contributed by atoms with Crippen LogP contribution in [-0.2, 0) is 11.3 Å². The van der Waals surface area contributed by atoms with Crippen LogP contribution in [-0.4, -0.2) is 35.6 Å². The Labute approximate surface area is 176 Å². The van der Waals surface area contributed by atoms with E-state index in [0.717, 1.165) is 53.2 Å². The Morgan fingerprint density at radius 3 is 2.97 bits per heavy atom. The van der Waals surface area contributed by atoms with Crippen molar-refractivity contribution in [2.45, 2.75) is 40.2 Å². The SMILES string of the molecule is CCOc1ccccc1CNC(=O)C1CCCN(c2ncnc3oc(C)c(C)c23)C1. The molecule has 0 spiro atoms. The number of hydrogen-bond acceptors (Lipinski definition) is 6. The van der Waals surface area contributed by atoms with E-state index in [1.165, 1.54) is 6.33 Å². The second-order valence-electron chi connectivity index (χ2n) is 7.70. The third kappa shape index (κ3) is 3.97. The number of ether oxygens (including phenoxy) is 1. The molecule has 0 bridgehead atoms. The molecular formula is C23H28N4O3. The van der Waals surface area contributed by atoms with Crippen LogP contribution in [0.3, 0.4) is 0 Å². The van der Waals surface area contributed by atoms with Gasteiger partial charge < -0.3 is 19.4 Å². The van der Waals surface area contributed by atoms with Crippen molar-refractivity contribution in [3.8, 4) is 5.75 Å². The Kier molecular flexibility index (Phi) is 5.88. The van der Waals surface area contributed by atoms with Crippen LogP contribution in [0.4, 0.5) is 5.82 Å². The fraction of sp³-hybridized carbons (Fsp3) is 0.435. The van der Waals surface area contributed by atoms with E-state index in [4.69, 9.17) is 9.15 Å². The van der Waals surface area contributed by atoms with E-state index < -0.39 is 0 Å². The first-order valence-corrected chi connectivity index (χ1v) is 10.5. The molecule has 1 saturated heterocycles. The summed E-state index contributed by atoms with van der Waals surface area (Å²) in [7, 11) is 0. The molecule has 7 nitrogen and oxygen atoms in total. The average molecular weight is 409 g/mol. The Morgan fingerprint density at radius 1 is 1.30 bits per heavy atom. The zero-order valence-electron chi connectivity index (χ0n) is 17.8. The molecule has 158 valence electrons. The van der Waals surface area contributed by atoms with Gasteiger partial charge in [0.15, 0.2) is 0 Å². The molecule has 1 N–H and O–H groups in total.